The Morgan fingerprint density at radius 1 is 0.471 bits per heavy atom. The molecule has 1 aliphatic heterocycles. The number of phenolic OH excluding ortho intramolecular Hbond substituents is 1. The van der Waals surface area contributed by atoms with Crippen molar-refractivity contribution in [2.45, 2.75) is 0 Å². The highest BCUT2D eigenvalue weighted by Gasteiger charge is 2.08. The molecule has 0 spiro atoms. The third kappa shape index (κ3) is 7.19. The molecule has 1 N–H and O–H groups in total. The first-order valence-corrected chi connectivity index (χ1v) is 11.4. The molecule has 1 saturated heterocycles. The van der Waals surface area contributed by atoms with Gasteiger partial charge in [-0.15, -0.1) is 0 Å². The molecule has 0 bridgehead atoms. The average molecular weight is 445 g/mol. The molecule has 0 aromatic heterocycles. The van der Waals surface area contributed by atoms with Crippen LogP contribution in [-0.2, 0) is 4.74 Å². The summed E-state index contributed by atoms with van der Waals surface area (Å²) >= 11 is 0. The number of ether oxygens (including phenoxy) is 1. The van der Waals surface area contributed by atoms with E-state index in [9.17, 15) is 5.11 Å². The largest absolute Gasteiger partial charge is 0.507 e. The molecule has 0 saturated carbocycles. The van der Waals surface area contributed by atoms with Crippen molar-refractivity contribution in [3.8, 4) is 5.75 Å². The summed E-state index contributed by atoms with van der Waals surface area (Å²) < 4.78 is 4.50. The number of hydrogen-bond donors (Lipinski definition) is 1. The number of epoxide rings is 1. The number of benzene rings is 4. The van der Waals surface area contributed by atoms with E-state index in [-0.39, 0.29) is 5.75 Å². The molecular weight excluding hydrogens is 416 g/mol. The fourth-order valence-electron chi connectivity index (χ4n) is 3.39. The molecule has 2 heteroatoms. The Bertz CT molecular complexity index is 1250. The summed E-state index contributed by atoms with van der Waals surface area (Å²) in [6.07, 6.45) is 12.4. The lowest BCUT2D eigenvalue weighted by atomic mass is 9.96. The van der Waals surface area contributed by atoms with E-state index in [0.717, 1.165) is 46.6 Å². The van der Waals surface area contributed by atoms with Gasteiger partial charge in [0.15, 0.2) is 0 Å². The Morgan fingerprint density at radius 2 is 0.882 bits per heavy atom. The molecule has 1 heterocycles. The molecule has 0 atom stereocenters. The minimum Gasteiger partial charge on any atom is -0.507 e. The van der Waals surface area contributed by atoms with Crippen LogP contribution in [0.15, 0.2) is 103 Å². The lowest BCUT2D eigenvalue weighted by molar-refractivity contribution is 0.474. The van der Waals surface area contributed by atoms with Crippen molar-refractivity contribution in [2.24, 2.45) is 0 Å². The number of rotatable bonds is 6. The Balaban J connectivity index is 0.000000846. The van der Waals surface area contributed by atoms with Crippen molar-refractivity contribution >= 4 is 36.5 Å². The second-order valence-electron chi connectivity index (χ2n) is 7.85. The molecule has 1 fully saturated rings. The van der Waals surface area contributed by atoms with Crippen LogP contribution in [0.5, 0.6) is 5.75 Å². The van der Waals surface area contributed by atoms with Gasteiger partial charge >= 0.3 is 0 Å². The zero-order valence-electron chi connectivity index (χ0n) is 19.0. The number of aromatic hydroxyl groups is 1. The van der Waals surface area contributed by atoms with Gasteiger partial charge in [0.05, 0.1) is 13.2 Å². The highest BCUT2D eigenvalue weighted by Crippen LogP contribution is 2.30. The molecule has 4 aromatic carbocycles. The molecule has 34 heavy (non-hydrogen) atoms. The van der Waals surface area contributed by atoms with E-state index in [1.165, 1.54) is 0 Å². The summed E-state index contributed by atoms with van der Waals surface area (Å²) in [4.78, 5) is 0. The van der Waals surface area contributed by atoms with Gasteiger partial charge < -0.3 is 9.84 Å². The zero-order chi connectivity index (χ0) is 23.4. The summed E-state index contributed by atoms with van der Waals surface area (Å²) in [5.74, 6) is 0.261. The van der Waals surface area contributed by atoms with E-state index in [0.29, 0.717) is 0 Å². The molecule has 5 rings (SSSR count). The molecule has 0 amide bonds. The number of phenols is 1. The van der Waals surface area contributed by atoms with Gasteiger partial charge in [-0.2, -0.15) is 0 Å². The normalized spacial score (nSPS) is 12.7. The van der Waals surface area contributed by atoms with E-state index in [2.05, 4.69) is 53.3 Å². The van der Waals surface area contributed by atoms with E-state index >= 15 is 0 Å². The van der Waals surface area contributed by atoms with Crippen molar-refractivity contribution in [3.63, 3.8) is 0 Å². The molecule has 0 aliphatic carbocycles. The molecular formula is C32H28O2. The van der Waals surface area contributed by atoms with Crippen LogP contribution in [0.2, 0.25) is 0 Å². The van der Waals surface area contributed by atoms with E-state index in [1.54, 1.807) is 6.07 Å². The average Bonchev–Trinajstić information content (AvgIpc) is 3.78. The van der Waals surface area contributed by atoms with Gasteiger partial charge in [-0.05, 0) is 33.9 Å². The minimum atomic E-state index is 0.261. The Kier molecular flexibility index (Phi) is 8.26. The third-order valence-corrected chi connectivity index (χ3v) is 5.24. The van der Waals surface area contributed by atoms with E-state index in [1.807, 2.05) is 84.9 Å². The first kappa shape index (κ1) is 23.0. The molecule has 0 radical (unpaired) electrons. The fraction of sp³-hybridized carbons (Fsp3) is 0.0625. The summed E-state index contributed by atoms with van der Waals surface area (Å²) in [6.45, 7) is 2.00. The maximum atomic E-state index is 10.7. The van der Waals surface area contributed by atoms with Gasteiger partial charge in [0.1, 0.15) is 5.75 Å². The SMILES string of the molecule is C1CO1.Oc1ccc(/C=C/c2ccccc2)c(/C=C/c2ccccc2)c1/C=C/c1ccccc1. The van der Waals surface area contributed by atoms with Gasteiger partial charge in [0.25, 0.3) is 0 Å². The van der Waals surface area contributed by atoms with Crippen LogP contribution in [0.3, 0.4) is 0 Å². The predicted molar refractivity (Wildman–Crippen MR) is 145 cm³/mol. The summed E-state index contributed by atoms with van der Waals surface area (Å²) in [5, 5.41) is 10.7. The summed E-state index contributed by atoms with van der Waals surface area (Å²) in [5.41, 5.74) is 6.15. The molecule has 4 aromatic rings. The fourth-order valence-corrected chi connectivity index (χ4v) is 3.39. The van der Waals surface area contributed by atoms with Crippen LogP contribution in [0.1, 0.15) is 33.4 Å². The first-order valence-electron chi connectivity index (χ1n) is 11.4. The van der Waals surface area contributed by atoms with Gasteiger partial charge in [-0.1, -0.05) is 134 Å². The smallest absolute Gasteiger partial charge is 0.123 e. The van der Waals surface area contributed by atoms with Crippen molar-refractivity contribution in [3.05, 3.63) is 137 Å². The molecule has 1 aliphatic rings. The highest BCUT2D eigenvalue weighted by molar-refractivity contribution is 5.87. The zero-order valence-corrected chi connectivity index (χ0v) is 19.0. The molecule has 168 valence electrons. The second-order valence-corrected chi connectivity index (χ2v) is 7.85. The van der Waals surface area contributed by atoms with Gasteiger partial charge in [-0.25, -0.2) is 0 Å². The Morgan fingerprint density at radius 3 is 1.32 bits per heavy atom. The Labute approximate surface area is 201 Å². The molecule has 2 nitrogen and oxygen atoms in total. The summed E-state index contributed by atoms with van der Waals surface area (Å²) in [7, 11) is 0. The third-order valence-electron chi connectivity index (χ3n) is 5.24. The highest BCUT2D eigenvalue weighted by atomic mass is 16.6. The maximum Gasteiger partial charge on any atom is 0.123 e. The van der Waals surface area contributed by atoms with Crippen LogP contribution in [0, 0.1) is 0 Å². The van der Waals surface area contributed by atoms with Crippen molar-refractivity contribution in [1.82, 2.24) is 0 Å². The van der Waals surface area contributed by atoms with E-state index < -0.39 is 0 Å². The van der Waals surface area contributed by atoms with Crippen molar-refractivity contribution in [2.75, 3.05) is 13.2 Å². The summed E-state index contributed by atoms with van der Waals surface area (Å²) in [6, 6.07) is 34.2. The van der Waals surface area contributed by atoms with Crippen LogP contribution >= 0.6 is 0 Å². The topological polar surface area (TPSA) is 32.8 Å². The van der Waals surface area contributed by atoms with Crippen molar-refractivity contribution < 1.29 is 9.84 Å². The predicted octanol–water partition coefficient (Wildman–Crippen LogP) is 7.92. The number of hydrogen-bond acceptors (Lipinski definition) is 2. The quantitative estimate of drug-likeness (QED) is 0.242. The monoisotopic (exact) mass is 444 g/mol. The Hall–Kier alpha value is -4.14. The van der Waals surface area contributed by atoms with Crippen LogP contribution < -0.4 is 0 Å². The second kappa shape index (κ2) is 12.2. The first-order chi connectivity index (χ1) is 16.8. The maximum absolute atomic E-state index is 10.7. The van der Waals surface area contributed by atoms with Gasteiger partial charge in [-0.3, -0.25) is 0 Å². The standard InChI is InChI=1S/C30H24O.C2H4O/c31-30-23-20-27(19-16-24-10-4-1-5-11-24)28(21-17-25-12-6-2-7-13-25)29(30)22-18-26-14-8-3-9-15-26;1-2-3-1/h1-23,31H;1-2H2/b19-16+,21-17+,22-18+;. The lowest BCUT2D eigenvalue weighted by Crippen LogP contribution is -1.88. The minimum absolute atomic E-state index is 0.261. The van der Waals surface area contributed by atoms with Crippen LogP contribution in [0.25, 0.3) is 36.5 Å². The van der Waals surface area contributed by atoms with E-state index in [4.69, 9.17) is 0 Å². The van der Waals surface area contributed by atoms with Crippen molar-refractivity contribution in [1.29, 1.82) is 0 Å². The lowest BCUT2D eigenvalue weighted by Gasteiger charge is -2.09. The van der Waals surface area contributed by atoms with Crippen LogP contribution in [-0.4, -0.2) is 18.3 Å². The van der Waals surface area contributed by atoms with Crippen LogP contribution in [0.4, 0.5) is 0 Å². The van der Waals surface area contributed by atoms with Gasteiger partial charge in [0.2, 0.25) is 0 Å². The van der Waals surface area contributed by atoms with Gasteiger partial charge in [0, 0.05) is 5.56 Å². The molecule has 0 unspecified atom stereocenters.